The van der Waals surface area contributed by atoms with Crippen LogP contribution in [0.15, 0.2) is 72.8 Å². The first-order valence-electron chi connectivity index (χ1n) is 10.3. The van der Waals surface area contributed by atoms with E-state index in [2.05, 4.69) is 0 Å². The van der Waals surface area contributed by atoms with Gasteiger partial charge in [-0.05, 0) is 48.0 Å². The van der Waals surface area contributed by atoms with Crippen molar-refractivity contribution in [1.82, 2.24) is 9.80 Å². The number of piperazine rings is 1. The van der Waals surface area contributed by atoms with Crippen LogP contribution >= 0.6 is 0 Å². The molecule has 3 aromatic rings. The standard InChI is InChI=1S/C25H22F2N2O3/c26-22-11-8-20(16-23(22)27)25(31)29-14-12-28(13-15-29)24(30)19-6-9-21(10-7-19)32-17-18-4-2-1-3-5-18/h1-11,16H,12-15,17H2. The van der Waals surface area contributed by atoms with E-state index in [1.165, 1.54) is 11.0 Å². The van der Waals surface area contributed by atoms with Gasteiger partial charge in [-0.1, -0.05) is 30.3 Å². The van der Waals surface area contributed by atoms with Gasteiger partial charge in [-0.2, -0.15) is 0 Å². The first kappa shape index (κ1) is 21.5. The molecule has 0 saturated carbocycles. The molecule has 0 atom stereocenters. The SMILES string of the molecule is O=C(c1ccc(OCc2ccccc2)cc1)N1CCN(C(=O)c2ccc(F)c(F)c2)CC1. The maximum atomic E-state index is 13.4. The zero-order valence-electron chi connectivity index (χ0n) is 17.3. The molecule has 0 aromatic heterocycles. The highest BCUT2D eigenvalue weighted by Gasteiger charge is 2.26. The lowest BCUT2D eigenvalue weighted by atomic mass is 10.1. The predicted octanol–water partition coefficient (Wildman–Crippen LogP) is 4.14. The lowest BCUT2D eigenvalue weighted by molar-refractivity contribution is 0.0535. The van der Waals surface area contributed by atoms with Crippen LogP contribution in [0.1, 0.15) is 26.3 Å². The minimum Gasteiger partial charge on any atom is -0.489 e. The van der Waals surface area contributed by atoms with Crippen LogP contribution in [0.5, 0.6) is 5.75 Å². The summed E-state index contributed by atoms with van der Waals surface area (Å²) in [6.45, 7) is 1.81. The van der Waals surface area contributed by atoms with Gasteiger partial charge in [0.05, 0.1) is 0 Å². The summed E-state index contributed by atoms with van der Waals surface area (Å²) in [5, 5.41) is 0. The number of hydrogen-bond acceptors (Lipinski definition) is 3. The fourth-order valence-electron chi connectivity index (χ4n) is 3.54. The van der Waals surface area contributed by atoms with Crippen molar-refractivity contribution >= 4 is 11.8 Å². The van der Waals surface area contributed by atoms with E-state index in [-0.39, 0.29) is 17.4 Å². The molecule has 1 saturated heterocycles. The lowest BCUT2D eigenvalue weighted by Gasteiger charge is -2.35. The molecule has 1 aliphatic rings. The van der Waals surface area contributed by atoms with Crippen molar-refractivity contribution in [3.05, 3.63) is 101 Å². The van der Waals surface area contributed by atoms with Gasteiger partial charge in [0.1, 0.15) is 12.4 Å². The molecular weight excluding hydrogens is 414 g/mol. The molecule has 32 heavy (non-hydrogen) atoms. The Kier molecular flexibility index (Phi) is 6.44. The highest BCUT2D eigenvalue weighted by atomic mass is 19.2. The van der Waals surface area contributed by atoms with E-state index in [1.54, 1.807) is 29.2 Å². The Morgan fingerprint density at radius 1 is 0.719 bits per heavy atom. The van der Waals surface area contributed by atoms with Gasteiger partial charge in [0.25, 0.3) is 11.8 Å². The fourth-order valence-corrected chi connectivity index (χ4v) is 3.54. The summed E-state index contributed by atoms with van der Waals surface area (Å²) in [6, 6.07) is 19.9. The maximum absolute atomic E-state index is 13.4. The van der Waals surface area contributed by atoms with Gasteiger partial charge in [0, 0.05) is 37.3 Å². The van der Waals surface area contributed by atoms with Crippen LogP contribution in [0.2, 0.25) is 0 Å². The van der Waals surface area contributed by atoms with Gasteiger partial charge in [-0.15, -0.1) is 0 Å². The quantitative estimate of drug-likeness (QED) is 0.604. The van der Waals surface area contributed by atoms with Crippen LogP contribution in [-0.4, -0.2) is 47.8 Å². The molecule has 0 bridgehead atoms. The van der Waals surface area contributed by atoms with E-state index < -0.39 is 11.6 Å². The Balaban J connectivity index is 1.31. The molecule has 0 radical (unpaired) electrons. The van der Waals surface area contributed by atoms with Crippen LogP contribution in [0.3, 0.4) is 0 Å². The molecule has 0 N–H and O–H groups in total. The monoisotopic (exact) mass is 436 g/mol. The number of benzene rings is 3. The molecule has 1 aliphatic heterocycles. The normalized spacial score (nSPS) is 13.7. The summed E-state index contributed by atoms with van der Waals surface area (Å²) in [5.41, 5.74) is 1.69. The number of nitrogens with zero attached hydrogens (tertiary/aromatic N) is 2. The predicted molar refractivity (Wildman–Crippen MR) is 115 cm³/mol. The van der Waals surface area contributed by atoms with E-state index in [1.807, 2.05) is 30.3 Å². The third-order valence-corrected chi connectivity index (χ3v) is 5.37. The molecule has 0 unspecified atom stereocenters. The van der Waals surface area contributed by atoms with Crippen LogP contribution in [-0.2, 0) is 6.61 Å². The smallest absolute Gasteiger partial charge is 0.254 e. The number of hydrogen-bond donors (Lipinski definition) is 0. The number of carbonyl (C=O) groups excluding carboxylic acids is 2. The largest absolute Gasteiger partial charge is 0.489 e. The molecule has 7 heteroatoms. The lowest BCUT2D eigenvalue weighted by Crippen LogP contribution is -2.50. The van der Waals surface area contributed by atoms with Gasteiger partial charge in [0.2, 0.25) is 0 Å². The van der Waals surface area contributed by atoms with Gasteiger partial charge >= 0.3 is 0 Å². The first-order valence-corrected chi connectivity index (χ1v) is 10.3. The third-order valence-electron chi connectivity index (χ3n) is 5.37. The van der Waals surface area contributed by atoms with E-state index in [0.29, 0.717) is 44.1 Å². The van der Waals surface area contributed by atoms with Crippen molar-refractivity contribution in [1.29, 1.82) is 0 Å². The van der Waals surface area contributed by atoms with Gasteiger partial charge < -0.3 is 14.5 Å². The van der Waals surface area contributed by atoms with E-state index in [9.17, 15) is 18.4 Å². The summed E-state index contributed by atoms with van der Waals surface area (Å²) >= 11 is 0. The second-order valence-corrected chi connectivity index (χ2v) is 7.51. The van der Waals surface area contributed by atoms with Crippen LogP contribution in [0.25, 0.3) is 0 Å². The molecule has 0 aliphatic carbocycles. The minimum absolute atomic E-state index is 0.0924. The topological polar surface area (TPSA) is 49.9 Å². The molecule has 5 nitrogen and oxygen atoms in total. The van der Waals surface area contributed by atoms with Crippen LogP contribution in [0, 0.1) is 11.6 Å². The van der Waals surface area contributed by atoms with Crippen molar-refractivity contribution in [2.24, 2.45) is 0 Å². The van der Waals surface area contributed by atoms with E-state index in [0.717, 1.165) is 17.7 Å². The Labute approximate surface area is 184 Å². The highest BCUT2D eigenvalue weighted by Crippen LogP contribution is 2.17. The summed E-state index contributed by atoms with van der Waals surface area (Å²) in [5.74, 6) is -1.88. The number of halogens is 2. The molecule has 3 aromatic carbocycles. The van der Waals surface area contributed by atoms with Crippen LogP contribution in [0.4, 0.5) is 8.78 Å². The molecule has 0 spiro atoms. The summed E-state index contributed by atoms with van der Waals surface area (Å²) in [6.07, 6.45) is 0. The average Bonchev–Trinajstić information content (AvgIpc) is 2.84. The van der Waals surface area contributed by atoms with Gasteiger partial charge in [0.15, 0.2) is 11.6 Å². The highest BCUT2D eigenvalue weighted by molar-refractivity contribution is 5.96. The molecule has 1 heterocycles. The number of rotatable bonds is 5. The van der Waals surface area contributed by atoms with E-state index >= 15 is 0 Å². The van der Waals surface area contributed by atoms with E-state index in [4.69, 9.17) is 4.74 Å². The number of amides is 2. The Hall–Kier alpha value is -3.74. The summed E-state index contributed by atoms with van der Waals surface area (Å²) in [4.78, 5) is 28.6. The zero-order valence-corrected chi connectivity index (χ0v) is 17.3. The van der Waals surface area contributed by atoms with Gasteiger partial charge in [-0.25, -0.2) is 8.78 Å². The molecule has 1 fully saturated rings. The number of ether oxygens (including phenoxy) is 1. The zero-order chi connectivity index (χ0) is 22.5. The van der Waals surface area contributed by atoms with Crippen molar-refractivity contribution in [2.75, 3.05) is 26.2 Å². The van der Waals surface area contributed by atoms with Crippen molar-refractivity contribution in [3.8, 4) is 5.75 Å². The van der Waals surface area contributed by atoms with Crippen LogP contribution < -0.4 is 4.74 Å². The second-order valence-electron chi connectivity index (χ2n) is 7.51. The maximum Gasteiger partial charge on any atom is 0.254 e. The van der Waals surface area contributed by atoms with Crippen molar-refractivity contribution in [2.45, 2.75) is 6.61 Å². The average molecular weight is 436 g/mol. The Morgan fingerprint density at radius 3 is 1.88 bits per heavy atom. The Morgan fingerprint density at radius 2 is 1.28 bits per heavy atom. The van der Waals surface area contributed by atoms with Gasteiger partial charge in [-0.3, -0.25) is 9.59 Å². The molecule has 2 amide bonds. The van der Waals surface area contributed by atoms with Crippen molar-refractivity contribution < 1.29 is 23.1 Å². The summed E-state index contributed by atoms with van der Waals surface area (Å²) < 4.78 is 32.3. The molecule has 4 rings (SSSR count). The number of carbonyl (C=O) groups is 2. The first-order chi connectivity index (χ1) is 15.5. The molecular formula is C25H22F2N2O3. The van der Waals surface area contributed by atoms with Crippen molar-refractivity contribution in [3.63, 3.8) is 0 Å². The molecule has 164 valence electrons. The Bertz CT molecular complexity index is 1100. The third kappa shape index (κ3) is 4.94. The minimum atomic E-state index is -1.05. The summed E-state index contributed by atoms with van der Waals surface area (Å²) in [7, 11) is 0. The fraction of sp³-hybridized carbons (Fsp3) is 0.200. The second kappa shape index (κ2) is 9.60.